The summed E-state index contributed by atoms with van der Waals surface area (Å²) in [6.07, 6.45) is -7.78. The number of carbonyl (C=O) groups is 1. The highest BCUT2D eigenvalue weighted by atomic mass is 35.5. The topological polar surface area (TPSA) is 77.8 Å². The van der Waals surface area contributed by atoms with Gasteiger partial charge in [-0.3, -0.25) is 0 Å². The van der Waals surface area contributed by atoms with Crippen LogP contribution in [0.4, 0.5) is 13.2 Å². The van der Waals surface area contributed by atoms with E-state index < -0.39 is 35.5 Å². The first-order chi connectivity index (χ1) is 9.18. The number of aliphatic hydroxyl groups is 2. The lowest BCUT2D eigenvalue weighted by atomic mass is 9.97. The number of aromatic carboxylic acids is 1. The van der Waals surface area contributed by atoms with Crippen LogP contribution >= 0.6 is 11.6 Å². The summed E-state index contributed by atoms with van der Waals surface area (Å²) in [7, 11) is 0. The van der Waals surface area contributed by atoms with Crippen molar-refractivity contribution in [3.63, 3.8) is 0 Å². The van der Waals surface area contributed by atoms with Gasteiger partial charge in [0.1, 0.15) is 6.10 Å². The van der Waals surface area contributed by atoms with Gasteiger partial charge >= 0.3 is 12.1 Å². The number of carboxylic acid groups (broad SMARTS) is 1. The zero-order valence-corrected chi connectivity index (χ0v) is 10.8. The van der Waals surface area contributed by atoms with E-state index >= 15 is 0 Å². The van der Waals surface area contributed by atoms with Crippen molar-refractivity contribution in [2.75, 3.05) is 5.88 Å². The average Bonchev–Trinajstić information content (AvgIpc) is 2.36. The van der Waals surface area contributed by atoms with E-state index in [1.165, 1.54) is 0 Å². The largest absolute Gasteiger partial charge is 0.478 e. The number of hydrogen-bond acceptors (Lipinski definition) is 3. The van der Waals surface area contributed by atoms with Gasteiger partial charge in [0.2, 0.25) is 0 Å². The predicted octanol–water partition coefficient (Wildman–Crippen LogP) is 2.43. The molecule has 2 unspecified atom stereocenters. The van der Waals surface area contributed by atoms with Gasteiger partial charge in [-0.2, -0.15) is 13.2 Å². The van der Waals surface area contributed by atoms with E-state index in [9.17, 15) is 28.2 Å². The second-order valence-electron chi connectivity index (χ2n) is 4.10. The first-order valence-electron chi connectivity index (χ1n) is 5.55. The maximum atomic E-state index is 12.8. The number of hydrogen-bond donors (Lipinski definition) is 3. The Kier molecular flexibility index (Phi) is 5.38. The monoisotopic (exact) mass is 312 g/mol. The molecule has 0 saturated heterocycles. The summed E-state index contributed by atoms with van der Waals surface area (Å²) in [4.78, 5) is 10.8. The Morgan fingerprint density at radius 1 is 1.30 bits per heavy atom. The SMILES string of the molecule is O=C(O)c1ccc(C(O)C(O)CCCl)cc1C(F)(F)F. The molecule has 0 amide bonds. The summed E-state index contributed by atoms with van der Waals surface area (Å²) in [5, 5.41) is 28.0. The van der Waals surface area contributed by atoms with Crippen LogP contribution in [0.25, 0.3) is 0 Å². The van der Waals surface area contributed by atoms with E-state index in [1.54, 1.807) is 0 Å². The Bertz CT molecular complexity index is 490. The molecular weight excluding hydrogens is 301 g/mol. The Hall–Kier alpha value is -1.31. The minimum Gasteiger partial charge on any atom is -0.478 e. The fourth-order valence-corrected chi connectivity index (χ4v) is 1.88. The molecule has 0 aliphatic heterocycles. The fourth-order valence-electron chi connectivity index (χ4n) is 1.66. The van der Waals surface area contributed by atoms with E-state index in [0.29, 0.717) is 6.07 Å². The van der Waals surface area contributed by atoms with E-state index in [0.717, 1.165) is 12.1 Å². The van der Waals surface area contributed by atoms with Crippen LogP contribution in [0.2, 0.25) is 0 Å². The molecule has 4 nitrogen and oxygen atoms in total. The Morgan fingerprint density at radius 3 is 2.35 bits per heavy atom. The molecule has 1 aromatic carbocycles. The van der Waals surface area contributed by atoms with Crippen molar-refractivity contribution >= 4 is 17.6 Å². The second kappa shape index (κ2) is 6.43. The molecule has 0 aliphatic rings. The van der Waals surface area contributed by atoms with Crippen molar-refractivity contribution < 1.29 is 33.3 Å². The Balaban J connectivity index is 3.23. The van der Waals surface area contributed by atoms with Crippen LogP contribution in [0.15, 0.2) is 18.2 Å². The fraction of sp³-hybridized carbons (Fsp3) is 0.417. The number of aliphatic hydroxyl groups excluding tert-OH is 2. The lowest BCUT2D eigenvalue weighted by Gasteiger charge is -2.19. The molecule has 0 aliphatic carbocycles. The average molecular weight is 313 g/mol. The summed E-state index contributed by atoms with van der Waals surface area (Å²) < 4.78 is 38.3. The molecule has 112 valence electrons. The molecule has 0 saturated carbocycles. The van der Waals surface area contributed by atoms with Gasteiger partial charge in [-0.25, -0.2) is 4.79 Å². The van der Waals surface area contributed by atoms with Gasteiger partial charge in [0, 0.05) is 5.88 Å². The molecule has 0 radical (unpaired) electrons. The third-order valence-electron chi connectivity index (χ3n) is 2.69. The molecule has 0 aromatic heterocycles. The van der Waals surface area contributed by atoms with Crippen molar-refractivity contribution in [1.82, 2.24) is 0 Å². The van der Waals surface area contributed by atoms with E-state index in [2.05, 4.69) is 0 Å². The van der Waals surface area contributed by atoms with Gasteiger partial charge in [0.15, 0.2) is 0 Å². The third kappa shape index (κ3) is 3.84. The van der Waals surface area contributed by atoms with Crippen LogP contribution in [0.5, 0.6) is 0 Å². The van der Waals surface area contributed by atoms with Crippen molar-refractivity contribution in [3.8, 4) is 0 Å². The van der Waals surface area contributed by atoms with Crippen LogP contribution in [0.3, 0.4) is 0 Å². The molecule has 20 heavy (non-hydrogen) atoms. The first-order valence-corrected chi connectivity index (χ1v) is 6.08. The zero-order chi connectivity index (χ0) is 15.5. The first kappa shape index (κ1) is 16.7. The van der Waals surface area contributed by atoms with Gasteiger partial charge < -0.3 is 15.3 Å². The van der Waals surface area contributed by atoms with Crippen LogP contribution in [-0.2, 0) is 6.18 Å². The molecule has 2 atom stereocenters. The van der Waals surface area contributed by atoms with Crippen molar-refractivity contribution in [2.24, 2.45) is 0 Å². The number of carboxylic acids is 1. The van der Waals surface area contributed by atoms with Gasteiger partial charge in [0.25, 0.3) is 0 Å². The predicted molar refractivity (Wildman–Crippen MR) is 64.7 cm³/mol. The Morgan fingerprint density at radius 2 is 1.90 bits per heavy atom. The quantitative estimate of drug-likeness (QED) is 0.730. The van der Waals surface area contributed by atoms with Gasteiger partial charge in [-0.1, -0.05) is 6.07 Å². The summed E-state index contributed by atoms with van der Waals surface area (Å²) >= 11 is 5.37. The number of halogens is 4. The summed E-state index contributed by atoms with van der Waals surface area (Å²) in [6, 6.07) is 2.30. The highest BCUT2D eigenvalue weighted by molar-refractivity contribution is 6.17. The van der Waals surface area contributed by atoms with Crippen LogP contribution in [0.1, 0.15) is 34.0 Å². The highest BCUT2D eigenvalue weighted by Crippen LogP contribution is 2.34. The van der Waals surface area contributed by atoms with E-state index in [1.807, 2.05) is 0 Å². The van der Waals surface area contributed by atoms with Gasteiger partial charge in [-0.05, 0) is 24.1 Å². The number of rotatable bonds is 5. The highest BCUT2D eigenvalue weighted by Gasteiger charge is 2.36. The lowest BCUT2D eigenvalue weighted by molar-refractivity contribution is -0.138. The van der Waals surface area contributed by atoms with Gasteiger partial charge in [0.05, 0.1) is 17.2 Å². The third-order valence-corrected chi connectivity index (χ3v) is 2.91. The maximum Gasteiger partial charge on any atom is 0.417 e. The molecule has 0 fully saturated rings. The van der Waals surface area contributed by atoms with Crippen molar-refractivity contribution in [1.29, 1.82) is 0 Å². The smallest absolute Gasteiger partial charge is 0.417 e. The maximum absolute atomic E-state index is 12.8. The van der Waals surface area contributed by atoms with E-state index in [4.69, 9.17) is 16.7 Å². The molecule has 1 aromatic rings. The molecule has 0 spiro atoms. The summed E-state index contributed by atoms with van der Waals surface area (Å²) in [5.74, 6) is -1.70. The molecule has 0 heterocycles. The van der Waals surface area contributed by atoms with Crippen LogP contribution < -0.4 is 0 Å². The van der Waals surface area contributed by atoms with Crippen LogP contribution in [-0.4, -0.2) is 33.3 Å². The van der Waals surface area contributed by atoms with E-state index in [-0.39, 0.29) is 17.9 Å². The molecular formula is C12H12ClF3O4. The summed E-state index contributed by atoms with van der Waals surface area (Å²) in [6.45, 7) is 0. The zero-order valence-electron chi connectivity index (χ0n) is 10.1. The van der Waals surface area contributed by atoms with Crippen molar-refractivity contribution in [2.45, 2.75) is 24.8 Å². The normalized spacial score (nSPS) is 14.9. The second-order valence-corrected chi connectivity index (χ2v) is 4.48. The minimum atomic E-state index is -4.87. The number of benzene rings is 1. The number of alkyl halides is 4. The van der Waals surface area contributed by atoms with Crippen LogP contribution in [0, 0.1) is 0 Å². The standard InChI is InChI=1S/C12H12ClF3O4/c13-4-3-9(17)10(18)6-1-2-7(11(19)20)8(5-6)12(14,15)16/h1-2,5,9-10,17-18H,3-4H2,(H,19,20). The van der Waals surface area contributed by atoms with Crippen molar-refractivity contribution in [3.05, 3.63) is 34.9 Å². The minimum absolute atomic E-state index is 0.00917. The lowest BCUT2D eigenvalue weighted by Crippen LogP contribution is -2.20. The molecule has 3 N–H and O–H groups in total. The molecule has 1 rings (SSSR count). The summed E-state index contributed by atoms with van der Waals surface area (Å²) in [5.41, 5.74) is -2.51. The molecule has 8 heteroatoms. The molecule has 0 bridgehead atoms. The van der Waals surface area contributed by atoms with Gasteiger partial charge in [-0.15, -0.1) is 11.6 Å². The Labute approximate surface area is 117 Å².